The van der Waals surface area contributed by atoms with Crippen molar-refractivity contribution in [3.8, 4) is 0 Å². The Balaban J connectivity index is 1.94. The fraction of sp³-hybridized carbons (Fsp3) is 0.778. The van der Waals surface area contributed by atoms with Crippen molar-refractivity contribution in [2.24, 2.45) is 0 Å². The number of rotatable bonds is 2. The van der Waals surface area contributed by atoms with E-state index in [1.54, 1.807) is 0 Å². The molecular weight excluding hydrogens is 234 g/mol. The normalized spacial score (nSPS) is 28.2. The lowest BCUT2D eigenvalue weighted by Crippen LogP contribution is -2.44. The smallest absolute Gasteiger partial charge is 0.207 e. The average Bonchev–Trinajstić information content (AvgIpc) is 2.49. The molecule has 2 rings (SSSR count). The van der Waals surface area contributed by atoms with Crippen molar-refractivity contribution < 1.29 is 4.74 Å². The zero-order valence-electron chi connectivity index (χ0n) is 8.81. The van der Waals surface area contributed by atoms with E-state index < -0.39 is 0 Å². The van der Waals surface area contributed by atoms with E-state index in [0.717, 1.165) is 24.6 Å². The van der Waals surface area contributed by atoms with Gasteiger partial charge in [0.05, 0.1) is 18.8 Å². The zero-order valence-corrected chi connectivity index (χ0v) is 10.4. The van der Waals surface area contributed by atoms with E-state index in [-0.39, 0.29) is 12.2 Å². The molecule has 0 amide bonds. The highest BCUT2D eigenvalue weighted by Gasteiger charge is 2.22. The van der Waals surface area contributed by atoms with Gasteiger partial charge in [0, 0.05) is 13.1 Å². The van der Waals surface area contributed by atoms with E-state index >= 15 is 0 Å². The quantitative estimate of drug-likeness (QED) is 0.799. The summed E-state index contributed by atoms with van der Waals surface area (Å²) >= 11 is 7.18. The zero-order chi connectivity index (χ0) is 10.8. The highest BCUT2D eigenvalue weighted by atomic mass is 35.5. The molecule has 0 saturated carbocycles. The van der Waals surface area contributed by atoms with Crippen LogP contribution in [0.2, 0.25) is 4.47 Å². The number of morpholine rings is 1. The van der Waals surface area contributed by atoms with Crippen LogP contribution in [0.1, 0.15) is 18.9 Å². The van der Waals surface area contributed by atoms with Crippen molar-refractivity contribution in [3.05, 3.63) is 9.47 Å². The van der Waals surface area contributed by atoms with Crippen molar-refractivity contribution in [1.29, 1.82) is 0 Å². The summed E-state index contributed by atoms with van der Waals surface area (Å²) < 4.78 is 6.17. The Hall–Kier alpha value is -0.230. The summed E-state index contributed by atoms with van der Waals surface area (Å²) in [6.07, 6.45) is 0.578. The minimum Gasteiger partial charge on any atom is -0.373 e. The number of nitrogens with zero attached hydrogens (tertiary/aromatic N) is 3. The number of halogens is 1. The number of ether oxygens (including phenoxy) is 1. The number of hydrogen-bond donors (Lipinski definition) is 0. The van der Waals surface area contributed by atoms with E-state index in [2.05, 4.69) is 28.9 Å². The average molecular weight is 248 g/mol. The molecule has 6 heteroatoms. The second-order valence-electron chi connectivity index (χ2n) is 3.90. The summed E-state index contributed by atoms with van der Waals surface area (Å²) in [6, 6.07) is 0. The van der Waals surface area contributed by atoms with Crippen LogP contribution in [-0.4, -0.2) is 40.4 Å². The summed E-state index contributed by atoms with van der Waals surface area (Å²) in [6.45, 7) is 6.90. The molecule has 0 spiro atoms. The minimum absolute atomic E-state index is 0.289. The van der Waals surface area contributed by atoms with Crippen molar-refractivity contribution in [2.75, 3.05) is 13.1 Å². The largest absolute Gasteiger partial charge is 0.373 e. The topological polar surface area (TPSA) is 38.2 Å². The van der Waals surface area contributed by atoms with Crippen LogP contribution in [0.4, 0.5) is 0 Å². The van der Waals surface area contributed by atoms with Gasteiger partial charge in [-0.3, -0.25) is 4.90 Å². The number of hydrogen-bond acceptors (Lipinski definition) is 5. The van der Waals surface area contributed by atoms with Crippen LogP contribution >= 0.6 is 22.9 Å². The Bertz CT molecular complexity index is 323. The summed E-state index contributed by atoms with van der Waals surface area (Å²) in [4.78, 5) is 2.33. The van der Waals surface area contributed by atoms with Crippen LogP contribution in [0.5, 0.6) is 0 Å². The maximum Gasteiger partial charge on any atom is 0.207 e. The molecule has 0 bridgehead atoms. The second kappa shape index (κ2) is 4.74. The minimum atomic E-state index is 0.289. The molecule has 1 aliphatic rings. The summed E-state index contributed by atoms with van der Waals surface area (Å²) in [5, 5.41) is 8.78. The predicted molar refractivity (Wildman–Crippen MR) is 60.2 cm³/mol. The van der Waals surface area contributed by atoms with Gasteiger partial charge < -0.3 is 4.74 Å². The van der Waals surface area contributed by atoms with Crippen molar-refractivity contribution in [3.63, 3.8) is 0 Å². The van der Waals surface area contributed by atoms with Gasteiger partial charge in [0.15, 0.2) is 0 Å². The molecule has 4 nitrogen and oxygen atoms in total. The van der Waals surface area contributed by atoms with Gasteiger partial charge in [-0.05, 0) is 25.4 Å². The molecular formula is C9H14ClN3OS. The first-order chi connectivity index (χ1) is 7.13. The van der Waals surface area contributed by atoms with Crippen molar-refractivity contribution >= 4 is 22.9 Å². The molecule has 0 unspecified atom stereocenters. The maximum atomic E-state index is 5.74. The van der Waals surface area contributed by atoms with E-state index in [1.165, 1.54) is 11.3 Å². The molecule has 1 aromatic rings. The van der Waals surface area contributed by atoms with Crippen molar-refractivity contribution in [1.82, 2.24) is 15.1 Å². The molecule has 0 aliphatic carbocycles. The van der Waals surface area contributed by atoms with E-state index in [0.29, 0.717) is 4.47 Å². The van der Waals surface area contributed by atoms with Gasteiger partial charge >= 0.3 is 0 Å². The lowest BCUT2D eigenvalue weighted by Gasteiger charge is -2.34. The van der Waals surface area contributed by atoms with Gasteiger partial charge in [0.25, 0.3) is 0 Å². The molecule has 1 aliphatic heterocycles. The second-order valence-corrected chi connectivity index (χ2v) is 5.54. The molecule has 1 saturated heterocycles. The van der Waals surface area contributed by atoms with Crippen LogP contribution in [0, 0.1) is 0 Å². The molecule has 0 aromatic carbocycles. The lowest BCUT2D eigenvalue weighted by molar-refractivity contribution is -0.0705. The Morgan fingerprint density at radius 2 is 2.07 bits per heavy atom. The van der Waals surface area contributed by atoms with Crippen LogP contribution < -0.4 is 0 Å². The SMILES string of the molecule is C[C@@H]1CN(Cc2nnc(Cl)s2)C[C@H](C)O1. The van der Waals surface area contributed by atoms with Gasteiger partial charge in [-0.2, -0.15) is 0 Å². The molecule has 1 aromatic heterocycles. The summed E-state index contributed by atoms with van der Waals surface area (Å²) in [5.74, 6) is 0. The molecule has 0 radical (unpaired) electrons. The predicted octanol–water partition coefficient (Wildman–Crippen LogP) is 1.80. The summed E-state index contributed by atoms with van der Waals surface area (Å²) in [7, 11) is 0. The van der Waals surface area contributed by atoms with E-state index in [9.17, 15) is 0 Å². The molecule has 0 N–H and O–H groups in total. The number of aromatic nitrogens is 2. The Morgan fingerprint density at radius 1 is 1.40 bits per heavy atom. The van der Waals surface area contributed by atoms with Gasteiger partial charge in [0.2, 0.25) is 4.47 Å². The van der Waals surface area contributed by atoms with Crippen LogP contribution in [0.3, 0.4) is 0 Å². The third-order valence-electron chi connectivity index (χ3n) is 2.30. The first kappa shape index (κ1) is 11.3. The third-order valence-corrected chi connectivity index (χ3v) is 3.30. The van der Waals surface area contributed by atoms with Gasteiger partial charge in [-0.1, -0.05) is 11.3 Å². The molecule has 84 valence electrons. The van der Waals surface area contributed by atoms with Crippen LogP contribution in [-0.2, 0) is 11.3 Å². The van der Waals surface area contributed by atoms with Gasteiger partial charge in [-0.15, -0.1) is 10.2 Å². The van der Waals surface area contributed by atoms with Gasteiger partial charge in [0.1, 0.15) is 5.01 Å². The van der Waals surface area contributed by atoms with Crippen molar-refractivity contribution in [2.45, 2.75) is 32.6 Å². The first-order valence-corrected chi connectivity index (χ1v) is 6.18. The van der Waals surface area contributed by atoms with Crippen LogP contribution in [0.15, 0.2) is 0 Å². The highest BCUT2D eigenvalue weighted by molar-refractivity contribution is 7.15. The monoisotopic (exact) mass is 247 g/mol. The third kappa shape index (κ3) is 3.11. The standard InChI is InChI=1S/C9H14ClN3OS/c1-6-3-13(4-7(2)14-6)5-8-11-12-9(10)15-8/h6-7H,3-5H2,1-2H3/t6-,7+. The Kier molecular flexibility index (Phi) is 3.56. The molecule has 2 heterocycles. The highest BCUT2D eigenvalue weighted by Crippen LogP contribution is 2.19. The lowest BCUT2D eigenvalue weighted by atomic mass is 10.2. The fourth-order valence-electron chi connectivity index (χ4n) is 1.90. The Labute approximate surface area is 98.2 Å². The van der Waals surface area contributed by atoms with Crippen LogP contribution in [0.25, 0.3) is 0 Å². The van der Waals surface area contributed by atoms with Gasteiger partial charge in [-0.25, -0.2) is 0 Å². The maximum absolute atomic E-state index is 5.74. The first-order valence-electron chi connectivity index (χ1n) is 4.99. The van der Waals surface area contributed by atoms with E-state index in [1.807, 2.05) is 0 Å². The molecule has 15 heavy (non-hydrogen) atoms. The van der Waals surface area contributed by atoms with E-state index in [4.69, 9.17) is 16.3 Å². The molecule has 1 fully saturated rings. The molecule has 2 atom stereocenters. The fourth-order valence-corrected chi connectivity index (χ4v) is 2.81. The summed E-state index contributed by atoms with van der Waals surface area (Å²) in [5.41, 5.74) is 0. The Morgan fingerprint density at radius 3 is 2.60 bits per heavy atom.